The Labute approximate surface area is 145 Å². The minimum atomic E-state index is 0.00356. The first-order chi connectivity index (χ1) is 11.7. The molecule has 24 heavy (non-hydrogen) atoms. The van der Waals surface area contributed by atoms with Crippen molar-refractivity contribution in [2.24, 2.45) is 0 Å². The Morgan fingerprint density at radius 3 is 2.83 bits per heavy atom. The van der Waals surface area contributed by atoms with Crippen LogP contribution in [0.5, 0.6) is 0 Å². The topological polar surface area (TPSA) is 51.5 Å². The summed E-state index contributed by atoms with van der Waals surface area (Å²) in [5.74, 6) is 0.159. The number of hydrogen-bond acceptors (Lipinski definition) is 4. The number of rotatable bonds is 5. The molecule has 5 nitrogen and oxygen atoms in total. The van der Waals surface area contributed by atoms with Gasteiger partial charge in [0, 0.05) is 44.9 Å². The third kappa shape index (κ3) is 3.76. The number of pyridine rings is 1. The van der Waals surface area contributed by atoms with Gasteiger partial charge < -0.3 is 14.2 Å². The van der Waals surface area contributed by atoms with Gasteiger partial charge >= 0.3 is 0 Å². The van der Waals surface area contributed by atoms with E-state index in [1.165, 1.54) is 0 Å². The lowest BCUT2D eigenvalue weighted by Crippen LogP contribution is -2.34. The molecule has 2 aromatic rings. The molecular formula is C18H22N2O3S. The summed E-state index contributed by atoms with van der Waals surface area (Å²) < 4.78 is 6.92. The van der Waals surface area contributed by atoms with Gasteiger partial charge in [-0.1, -0.05) is 6.07 Å². The first-order valence-electron chi connectivity index (χ1n) is 8.18. The molecule has 0 aromatic carbocycles. The molecule has 3 rings (SSSR count). The van der Waals surface area contributed by atoms with E-state index >= 15 is 0 Å². The number of carbonyl (C=O) groups excluding carboxylic acids is 1. The van der Waals surface area contributed by atoms with Gasteiger partial charge in [-0.3, -0.25) is 9.59 Å². The second-order valence-electron chi connectivity index (χ2n) is 5.98. The maximum Gasteiger partial charge on any atom is 0.250 e. The minimum Gasteiger partial charge on any atom is -0.383 e. The SMILES string of the molecule is COCCn1c2c(ccc1=O)CCN(C(=O)Cc1ccsc1)CC2. The lowest BCUT2D eigenvalue weighted by molar-refractivity contribution is -0.130. The van der Waals surface area contributed by atoms with Crippen molar-refractivity contribution in [1.82, 2.24) is 9.47 Å². The van der Waals surface area contributed by atoms with Crippen LogP contribution in [0.25, 0.3) is 0 Å². The number of aromatic nitrogens is 1. The number of fused-ring (bicyclic) bond motifs is 1. The van der Waals surface area contributed by atoms with Crippen LogP contribution in [0.2, 0.25) is 0 Å². The summed E-state index contributed by atoms with van der Waals surface area (Å²) in [7, 11) is 1.64. The highest BCUT2D eigenvalue weighted by Gasteiger charge is 2.21. The number of hydrogen-bond donors (Lipinski definition) is 0. The summed E-state index contributed by atoms with van der Waals surface area (Å²) in [6, 6.07) is 5.53. The monoisotopic (exact) mass is 346 g/mol. The second-order valence-corrected chi connectivity index (χ2v) is 6.76. The van der Waals surface area contributed by atoms with Crippen LogP contribution in [0, 0.1) is 0 Å². The van der Waals surface area contributed by atoms with Crippen LogP contribution in [-0.4, -0.2) is 42.2 Å². The van der Waals surface area contributed by atoms with Gasteiger partial charge in [0.25, 0.3) is 5.56 Å². The van der Waals surface area contributed by atoms with E-state index in [4.69, 9.17) is 4.74 Å². The quantitative estimate of drug-likeness (QED) is 0.828. The lowest BCUT2D eigenvalue weighted by Gasteiger charge is -2.20. The molecule has 0 saturated heterocycles. The molecular weight excluding hydrogens is 324 g/mol. The Hall–Kier alpha value is -1.92. The van der Waals surface area contributed by atoms with E-state index < -0.39 is 0 Å². The fourth-order valence-corrected chi connectivity index (χ4v) is 3.82. The molecule has 0 N–H and O–H groups in total. The molecule has 2 aromatic heterocycles. The Bertz CT molecular complexity index is 752. The van der Waals surface area contributed by atoms with Crippen molar-refractivity contribution in [1.29, 1.82) is 0 Å². The minimum absolute atomic E-state index is 0.00356. The molecule has 0 atom stereocenters. The van der Waals surface area contributed by atoms with Crippen molar-refractivity contribution in [3.63, 3.8) is 0 Å². The van der Waals surface area contributed by atoms with E-state index in [1.54, 1.807) is 29.1 Å². The number of nitrogens with zero attached hydrogens (tertiary/aromatic N) is 2. The molecule has 1 aliphatic heterocycles. The summed E-state index contributed by atoms with van der Waals surface area (Å²) in [5.41, 5.74) is 3.29. The maximum absolute atomic E-state index is 12.5. The van der Waals surface area contributed by atoms with E-state index in [-0.39, 0.29) is 11.5 Å². The Kier molecular flexibility index (Phi) is 5.48. The van der Waals surface area contributed by atoms with E-state index in [9.17, 15) is 9.59 Å². The summed E-state index contributed by atoms with van der Waals surface area (Å²) >= 11 is 1.61. The second kappa shape index (κ2) is 7.77. The normalized spacial score (nSPS) is 14.3. The summed E-state index contributed by atoms with van der Waals surface area (Å²) in [6.07, 6.45) is 1.96. The van der Waals surface area contributed by atoms with Gasteiger partial charge in [0.1, 0.15) is 0 Å². The lowest BCUT2D eigenvalue weighted by atomic mass is 10.1. The maximum atomic E-state index is 12.5. The van der Waals surface area contributed by atoms with Gasteiger partial charge in [-0.15, -0.1) is 0 Å². The Balaban J connectivity index is 1.74. The number of carbonyl (C=O) groups is 1. The molecule has 1 amide bonds. The number of amides is 1. The molecule has 0 unspecified atom stereocenters. The largest absolute Gasteiger partial charge is 0.383 e. The Morgan fingerprint density at radius 2 is 2.08 bits per heavy atom. The zero-order chi connectivity index (χ0) is 16.9. The van der Waals surface area contributed by atoms with E-state index in [1.807, 2.05) is 27.8 Å². The number of methoxy groups -OCH3 is 1. The highest BCUT2D eigenvalue weighted by molar-refractivity contribution is 7.07. The zero-order valence-electron chi connectivity index (χ0n) is 13.9. The van der Waals surface area contributed by atoms with Crippen molar-refractivity contribution in [2.75, 3.05) is 26.8 Å². The van der Waals surface area contributed by atoms with Crippen LogP contribution in [0.4, 0.5) is 0 Å². The van der Waals surface area contributed by atoms with Crippen LogP contribution < -0.4 is 5.56 Å². The first kappa shape index (κ1) is 16.9. The van der Waals surface area contributed by atoms with Crippen molar-refractivity contribution < 1.29 is 9.53 Å². The van der Waals surface area contributed by atoms with Gasteiger partial charge in [0.05, 0.1) is 13.0 Å². The van der Waals surface area contributed by atoms with Crippen LogP contribution in [0.3, 0.4) is 0 Å². The third-order valence-electron chi connectivity index (χ3n) is 4.47. The van der Waals surface area contributed by atoms with Crippen molar-refractivity contribution in [2.45, 2.75) is 25.8 Å². The van der Waals surface area contributed by atoms with Crippen molar-refractivity contribution >= 4 is 17.2 Å². The third-order valence-corrected chi connectivity index (χ3v) is 5.20. The van der Waals surface area contributed by atoms with Gasteiger partial charge in [0.15, 0.2) is 0 Å². The van der Waals surface area contributed by atoms with E-state index in [2.05, 4.69) is 0 Å². The average Bonchev–Trinajstić information content (AvgIpc) is 2.98. The predicted molar refractivity (Wildman–Crippen MR) is 94.6 cm³/mol. The molecule has 0 saturated carbocycles. The standard InChI is InChI=1S/C18H22N2O3S/c1-23-10-9-20-16-5-8-19(7-4-15(16)2-3-17(20)21)18(22)12-14-6-11-24-13-14/h2-3,6,11,13H,4-5,7-10,12H2,1H3. The number of thiophene rings is 1. The van der Waals surface area contributed by atoms with E-state index in [0.717, 1.165) is 23.2 Å². The Morgan fingerprint density at radius 1 is 1.25 bits per heavy atom. The molecule has 6 heteroatoms. The van der Waals surface area contributed by atoms with Crippen molar-refractivity contribution in [3.8, 4) is 0 Å². The summed E-state index contributed by atoms with van der Waals surface area (Å²) in [4.78, 5) is 26.6. The van der Waals surface area contributed by atoms with Crippen LogP contribution in [0.15, 0.2) is 33.8 Å². The molecule has 0 bridgehead atoms. The average molecular weight is 346 g/mol. The fourth-order valence-electron chi connectivity index (χ4n) is 3.15. The van der Waals surface area contributed by atoms with Crippen molar-refractivity contribution in [3.05, 3.63) is 56.1 Å². The molecule has 0 aliphatic carbocycles. The van der Waals surface area contributed by atoms with Crippen LogP contribution in [0.1, 0.15) is 16.8 Å². The highest BCUT2D eigenvalue weighted by atomic mass is 32.1. The molecule has 0 fully saturated rings. The number of ether oxygens (including phenoxy) is 1. The summed E-state index contributed by atoms with van der Waals surface area (Å²) in [5, 5.41) is 4.02. The molecule has 3 heterocycles. The zero-order valence-corrected chi connectivity index (χ0v) is 14.7. The molecule has 128 valence electrons. The fraction of sp³-hybridized carbons (Fsp3) is 0.444. The predicted octanol–water partition coefficient (Wildman–Crippen LogP) is 1.73. The molecule has 0 radical (unpaired) electrons. The van der Waals surface area contributed by atoms with Gasteiger partial charge in [-0.2, -0.15) is 11.3 Å². The summed E-state index contributed by atoms with van der Waals surface area (Å²) in [6.45, 7) is 2.43. The van der Waals surface area contributed by atoms with Gasteiger partial charge in [0.2, 0.25) is 5.91 Å². The molecule has 1 aliphatic rings. The first-order valence-corrected chi connectivity index (χ1v) is 9.12. The van der Waals surface area contributed by atoms with E-state index in [0.29, 0.717) is 39.1 Å². The van der Waals surface area contributed by atoms with Gasteiger partial charge in [-0.25, -0.2) is 0 Å². The smallest absolute Gasteiger partial charge is 0.250 e. The van der Waals surface area contributed by atoms with Gasteiger partial charge in [-0.05, 0) is 34.4 Å². The van der Waals surface area contributed by atoms with Crippen LogP contribution in [-0.2, 0) is 35.3 Å². The highest BCUT2D eigenvalue weighted by Crippen LogP contribution is 2.16. The van der Waals surface area contributed by atoms with Crippen LogP contribution >= 0.6 is 11.3 Å². The molecule has 0 spiro atoms.